The van der Waals surface area contributed by atoms with Gasteiger partial charge in [0.25, 0.3) is 17.5 Å². The maximum atomic E-state index is 13.5. The molecule has 1 aliphatic heterocycles. The summed E-state index contributed by atoms with van der Waals surface area (Å²) in [6.45, 7) is 0.359. The molecule has 1 heterocycles. The van der Waals surface area contributed by atoms with Crippen LogP contribution < -0.4 is 20.6 Å². The fourth-order valence-electron chi connectivity index (χ4n) is 4.09. The van der Waals surface area contributed by atoms with Crippen LogP contribution in [-0.4, -0.2) is 21.7 Å². The monoisotopic (exact) mass is 587 g/mol. The zero-order valence-corrected chi connectivity index (χ0v) is 21.8. The molecule has 10 nitrogen and oxygen atoms in total. The minimum Gasteiger partial charge on any atom is -0.872 e. The Kier molecular flexibility index (Phi) is 7.15. The summed E-state index contributed by atoms with van der Waals surface area (Å²) in [6.07, 6.45) is -1.20. The van der Waals surface area contributed by atoms with Gasteiger partial charge in [0.2, 0.25) is 0 Å². The maximum absolute atomic E-state index is 13.5. The van der Waals surface area contributed by atoms with E-state index in [9.17, 15) is 24.8 Å². The number of nitro groups is 1. The topological polar surface area (TPSA) is 137 Å². The Morgan fingerprint density at radius 1 is 1.03 bits per heavy atom. The number of hydrogen-bond donors (Lipinski definition) is 2. The first-order valence-electron chi connectivity index (χ1n) is 11.7. The van der Waals surface area contributed by atoms with E-state index in [1.165, 1.54) is 0 Å². The Balaban J connectivity index is 1.41. The van der Waals surface area contributed by atoms with Crippen molar-refractivity contribution in [3.63, 3.8) is 0 Å². The summed E-state index contributed by atoms with van der Waals surface area (Å²) in [5.74, 6) is -1.21. The fourth-order valence-corrected chi connectivity index (χ4v) is 4.45. The summed E-state index contributed by atoms with van der Waals surface area (Å²) in [4.78, 5) is 37.4. The molecule has 1 atom stereocenters. The van der Waals surface area contributed by atoms with E-state index in [4.69, 9.17) is 4.74 Å². The van der Waals surface area contributed by atoms with Gasteiger partial charge in [-0.3, -0.25) is 25.1 Å². The molecule has 0 spiro atoms. The molecule has 0 saturated carbocycles. The first-order chi connectivity index (χ1) is 18.8. The Labute approximate surface area is 231 Å². The molecule has 5 rings (SSSR count). The maximum Gasteiger partial charge on any atom is 0.276 e. The van der Waals surface area contributed by atoms with Gasteiger partial charge in [-0.1, -0.05) is 52.3 Å². The first kappa shape index (κ1) is 25.7. The number of hydrogen-bond acceptors (Lipinski definition) is 7. The van der Waals surface area contributed by atoms with E-state index in [-0.39, 0.29) is 22.4 Å². The van der Waals surface area contributed by atoms with Gasteiger partial charge >= 0.3 is 0 Å². The molecule has 0 aliphatic carbocycles. The molecule has 2 amide bonds. The Morgan fingerprint density at radius 3 is 2.49 bits per heavy atom. The molecule has 0 fully saturated rings. The van der Waals surface area contributed by atoms with Gasteiger partial charge in [-0.2, -0.15) is 0 Å². The highest BCUT2D eigenvalue weighted by Crippen LogP contribution is 2.37. The smallest absolute Gasteiger partial charge is 0.276 e. The van der Waals surface area contributed by atoms with Crippen molar-refractivity contribution < 1.29 is 24.4 Å². The average Bonchev–Trinajstić information content (AvgIpc) is 2.94. The third-order valence-corrected chi connectivity index (χ3v) is 6.56. The van der Waals surface area contributed by atoms with Gasteiger partial charge in [0.05, 0.1) is 10.5 Å². The molecule has 0 bridgehead atoms. The van der Waals surface area contributed by atoms with Crippen molar-refractivity contribution in [2.45, 2.75) is 12.8 Å². The SMILES string of the molecule is O=C(NN1C(=O)c2cc(Br)ccc2N[C@@H]1c1cc([N+](=O)[O-])ccc1[O-])c1ccc(OCc2ccccc2)cc1. The van der Waals surface area contributed by atoms with Gasteiger partial charge in [-0.25, -0.2) is 5.01 Å². The second-order valence-corrected chi connectivity index (χ2v) is 9.55. The van der Waals surface area contributed by atoms with E-state index in [1.54, 1.807) is 42.5 Å². The molecule has 11 heteroatoms. The third kappa shape index (κ3) is 5.53. The number of carbonyl (C=O) groups excluding carboxylic acids is 2. The quantitative estimate of drug-likeness (QED) is 0.231. The van der Waals surface area contributed by atoms with Gasteiger partial charge in [-0.15, -0.1) is 5.75 Å². The molecule has 1 aliphatic rings. The van der Waals surface area contributed by atoms with Crippen LogP contribution >= 0.6 is 15.9 Å². The largest absolute Gasteiger partial charge is 0.872 e. The molecule has 0 saturated heterocycles. The lowest BCUT2D eigenvalue weighted by Crippen LogP contribution is -2.53. The third-order valence-electron chi connectivity index (χ3n) is 6.07. The van der Waals surface area contributed by atoms with Crippen LogP contribution in [0.5, 0.6) is 11.5 Å². The van der Waals surface area contributed by atoms with Crippen molar-refractivity contribution in [1.29, 1.82) is 0 Å². The molecule has 0 radical (unpaired) electrons. The average molecular weight is 588 g/mol. The predicted octanol–water partition coefficient (Wildman–Crippen LogP) is 4.92. The van der Waals surface area contributed by atoms with Gasteiger partial charge in [0.1, 0.15) is 18.5 Å². The summed E-state index contributed by atoms with van der Waals surface area (Å²) < 4.78 is 6.39. The molecule has 4 aromatic rings. The molecule has 0 unspecified atom stereocenters. The van der Waals surface area contributed by atoms with Crippen molar-refractivity contribution in [3.05, 3.63) is 128 Å². The van der Waals surface area contributed by atoms with Crippen LogP contribution in [0.15, 0.2) is 95.5 Å². The number of hydrazine groups is 1. The zero-order valence-electron chi connectivity index (χ0n) is 20.2. The van der Waals surface area contributed by atoms with Crippen LogP contribution in [0.4, 0.5) is 11.4 Å². The summed E-state index contributed by atoms with van der Waals surface area (Å²) in [5.41, 5.74) is 4.04. The van der Waals surface area contributed by atoms with E-state index >= 15 is 0 Å². The fraction of sp³-hybridized carbons (Fsp3) is 0.0714. The van der Waals surface area contributed by atoms with Gasteiger partial charge in [-0.05, 0) is 53.6 Å². The number of benzene rings is 4. The first-order valence-corrected chi connectivity index (χ1v) is 12.5. The number of non-ortho nitro benzene ring substituents is 1. The van der Waals surface area contributed by atoms with E-state index in [1.807, 2.05) is 30.3 Å². The summed E-state index contributed by atoms with van der Waals surface area (Å²) in [5, 5.41) is 28.1. The van der Waals surface area contributed by atoms with Crippen LogP contribution in [-0.2, 0) is 6.61 Å². The van der Waals surface area contributed by atoms with Gasteiger partial charge in [0.15, 0.2) is 0 Å². The summed E-state index contributed by atoms with van der Waals surface area (Å²) >= 11 is 3.33. The minimum atomic E-state index is -1.20. The number of rotatable bonds is 7. The van der Waals surface area contributed by atoms with Crippen LogP contribution in [0.25, 0.3) is 0 Å². The molecular formula is C28H20BrN4O6-. The van der Waals surface area contributed by atoms with Crippen molar-refractivity contribution >= 4 is 39.1 Å². The number of anilines is 1. The number of fused-ring (bicyclic) bond motifs is 1. The predicted molar refractivity (Wildman–Crippen MR) is 144 cm³/mol. The highest BCUT2D eigenvalue weighted by molar-refractivity contribution is 9.10. The zero-order chi connectivity index (χ0) is 27.5. The number of nitrogens with one attached hydrogen (secondary N) is 2. The number of halogens is 1. The summed E-state index contributed by atoms with van der Waals surface area (Å²) in [7, 11) is 0. The number of ether oxygens (including phenoxy) is 1. The standard InChI is InChI=1S/C28H21BrN4O6/c29-19-8-12-24-22(14-19)28(36)32(26(30-24)23-15-20(33(37)38)9-13-25(23)34)31-27(35)18-6-10-21(11-7-18)39-16-17-4-2-1-3-5-17/h1-15,26,30,34H,16H2,(H,31,35)/p-1/t26-/m0/s1. The summed E-state index contributed by atoms with van der Waals surface area (Å²) in [6, 6.07) is 24.1. The number of nitro benzene ring substituents is 1. The highest BCUT2D eigenvalue weighted by atomic mass is 79.9. The van der Waals surface area contributed by atoms with Crippen molar-refractivity contribution in [3.8, 4) is 11.5 Å². The van der Waals surface area contributed by atoms with Crippen LogP contribution in [0.1, 0.15) is 38.0 Å². The van der Waals surface area contributed by atoms with Crippen molar-refractivity contribution in [1.82, 2.24) is 10.4 Å². The van der Waals surface area contributed by atoms with E-state index in [0.717, 1.165) is 28.8 Å². The van der Waals surface area contributed by atoms with Crippen LogP contribution in [0, 0.1) is 10.1 Å². The van der Waals surface area contributed by atoms with Gasteiger partial charge < -0.3 is 15.2 Å². The molecule has 0 aromatic heterocycles. The molecular weight excluding hydrogens is 568 g/mol. The second-order valence-electron chi connectivity index (χ2n) is 8.63. The van der Waals surface area contributed by atoms with Gasteiger partial charge in [0, 0.05) is 27.9 Å². The Hall–Kier alpha value is -4.90. The minimum absolute atomic E-state index is 0.0731. The highest BCUT2D eigenvalue weighted by Gasteiger charge is 2.35. The number of carbonyl (C=O) groups is 2. The van der Waals surface area contributed by atoms with Crippen LogP contribution in [0.3, 0.4) is 0 Å². The lowest BCUT2D eigenvalue weighted by atomic mass is 10.0. The van der Waals surface area contributed by atoms with Crippen molar-refractivity contribution in [2.24, 2.45) is 0 Å². The molecule has 39 heavy (non-hydrogen) atoms. The number of nitrogens with zero attached hydrogens (tertiary/aromatic N) is 2. The van der Waals surface area contributed by atoms with E-state index < -0.39 is 28.7 Å². The molecule has 196 valence electrons. The van der Waals surface area contributed by atoms with Crippen LogP contribution in [0.2, 0.25) is 0 Å². The Bertz CT molecular complexity index is 1560. The second kappa shape index (κ2) is 10.8. The number of amides is 2. The van der Waals surface area contributed by atoms with E-state index in [2.05, 4.69) is 26.7 Å². The Morgan fingerprint density at radius 2 is 1.77 bits per heavy atom. The van der Waals surface area contributed by atoms with Crippen molar-refractivity contribution in [2.75, 3.05) is 5.32 Å². The lowest BCUT2D eigenvalue weighted by Gasteiger charge is -2.39. The normalized spacial score (nSPS) is 14.2. The van der Waals surface area contributed by atoms with E-state index in [0.29, 0.717) is 22.5 Å². The lowest BCUT2D eigenvalue weighted by molar-refractivity contribution is -0.385. The molecule has 2 N–H and O–H groups in total. The molecule has 4 aromatic carbocycles.